The van der Waals surface area contributed by atoms with E-state index in [1.54, 1.807) is 0 Å². The first-order chi connectivity index (χ1) is 9.40. The van der Waals surface area contributed by atoms with Gasteiger partial charge in [-0.05, 0) is 0 Å². The van der Waals surface area contributed by atoms with E-state index in [9.17, 15) is 24.4 Å². The fourth-order valence-corrected chi connectivity index (χ4v) is 2.14. The van der Waals surface area contributed by atoms with Crippen molar-refractivity contribution in [2.45, 2.75) is 24.5 Å². The predicted molar refractivity (Wildman–Crippen MR) is 63.0 cm³/mol. The number of rotatable bonds is 4. The molecular formula is C9H12N2O8P+. The number of H-pyrrole nitrogens is 1. The van der Waals surface area contributed by atoms with Gasteiger partial charge in [-0.1, -0.05) is 0 Å². The Morgan fingerprint density at radius 1 is 1.40 bits per heavy atom. The lowest BCUT2D eigenvalue weighted by Crippen LogP contribution is -2.37. The highest BCUT2D eigenvalue weighted by Gasteiger charge is 2.45. The lowest BCUT2D eigenvalue weighted by Gasteiger charge is -2.16. The Kier molecular flexibility index (Phi) is 4.43. The van der Waals surface area contributed by atoms with E-state index in [4.69, 9.17) is 9.63 Å². The largest absolute Gasteiger partial charge is 0.694 e. The third-order valence-electron chi connectivity index (χ3n) is 2.81. The summed E-state index contributed by atoms with van der Waals surface area (Å²) in [6.45, 7) is -0.432. The predicted octanol–water partition coefficient (Wildman–Crippen LogP) is -2.18. The van der Waals surface area contributed by atoms with Crippen molar-refractivity contribution >= 4 is 8.25 Å². The van der Waals surface area contributed by atoms with Crippen LogP contribution in [0.25, 0.3) is 0 Å². The highest BCUT2D eigenvalue weighted by atomic mass is 31.1. The van der Waals surface area contributed by atoms with E-state index in [1.165, 1.54) is 0 Å². The zero-order chi connectivity index (χ0) is 14.9. The molecule has 1 saturated heterocycles. The molecule has 20 heavy (non-hydrogen) atoms. The molecule has 11 heteroatoms. The summed E-state index contributed by atoms with van der Waals surface area (Å²) >= 11 is 0. The van der Waals surface area contributed by atoms with Crippen LogP contribution in [0.4, 0.5) is 0 Å². The van der Waals surface area contributed by atoms with Crippen molar-refractivity contribution in [2.75, 3.05) is 6.61 Å². The van der Waals surface area contributed by atoms with Crippen molar-refractivity contribution in [1.29, 1.82) is 0 Å². The number of aromatic amines is 1. The number of nitrogens with one attached hydrogen (secondary N) is 1. The molecule has 5 atom stereocenters. The first-order valence-electron chi connectivity index (χ1n) is 5.52. The van der Waals surface area contributed by atoms with Crippen LogP contribution in [0.3, 0.4) is 0 Å². The first-order valence-corrected chi connectivity index (χ1v) is 6.65. The molecule has 2 rings (SSSR count). The van der Waals surface area contributed by atoms with E-state index >= 15 is 0 Å². The van der Waals surface area contributed by atoms with E-state index < -0.39 is 50.7 Å². The maximum absolute atomic E-state index is 11.6. The van der Waals surface area contributed by atoms with Gasteiger partial charge in [-0.15, -0.1) is 9.42 Å². The van der Waals surface area contributed by atoms with Gasteiger partial charge in [-0.2, -0.15) is 0 Å². The van der Waals surface area contributed by atoms with Crippen LogP contribution in [-0.2, 0) is 13.8 Å². The summed E-state index contributed by atoms with van der Waals surface area (Å²) < 4.78 is 20.9. The van der Waals surface area contributed by atoms with Crippen LogP contribution in [0.5, 0.6) is 0 Å². The lowest BCUT2D eigenvalue weighted by atomic mass is 10.1. The first kappa shape index (κ1) is 15.0. The van der Waals surface area contributed by atoms with Gasteiger partial charge >= 0.3 is 13.9 Å². The molecule has 4 unspecified atom stereocenters. The molecule has 0 amide bonds. The van der Waals surface area contributed by atoms with E-state index in [0.29, 0.717) is 0 Å². The second-order valence-corrected chi connectivity index (χ2v) is 4.83. The Bertz CT molecular complexity index is 612. The average Bonchev–Trinajstić information content (AvgIpc) is 2.64. The molecule has 110 valence electrons. The Morgan fingerprint density at radius 3 is 2.70 bits per heavy atom. The molecule has 0 aromatic carbocycles. The van der Waals surface area contributed by atoms with Crippen molar-refractivity contribution in [1.82, 2.24) is 9.55 Å². The van der Waals surface area contributed by atoms with Gasteiger partial charge in [0.05, 0.1) is 0 Å². The van der Waals surface area contributed by atoms with Crippen molar-refractivity contribution < 1.29 is 28.9 Å². The zero-order valence-electron chi connectivity index (χ0n) is 9.95. The molecule has 1 aliphatic heterocycles. The van der Waals surface area contributed by atoms with Gasteiger partial charge in [0.2, 0.25) is 0 Å². The summed E-state index contributed by atoms with van der Waals surface area (Å²) in [5, 5.41) is 19.6. The van der Waals surface area contributed by atoms with Crippen LogP contribution >= 0.6 is 8.25 Å². The number of aliphatic hydroxyl groups is 2. The smallest absolute Gasteiger partial charge is 0.387 e. The molecule has 4 N–H and O–H groups in total. The normalized spacial score (nSPS) is 30.4. The minimum atomic E-state index is -2.87. The molecular weight excluding hydrogens is 295 g/mol. The Hall–Kier alpha value is -1.42. The fourth-order valence-electron chi connectivity index (χ4n) is 1.86. The van der Waals surface area contributed by atoms with Gasteiger partial charge in [0, 0.05) is 16.8 Å². The molecule has 1 aromatic rings. The van der Waals surface area contributed by atoms with Crippen LogP contribution in [0.2, 0.25) is 0 Å². The van der Waals surface area contributed by atoms with Crippen LogP contribution in [0.1, 0.15) is 6.23 Å². The molecule has 0 bridgehead atoms. The minimum Gasteiger partial charge on any atom is -0.387 e. The quantitative estimate of drug-likeness (QED) is 0.458. The highest BCUT2D eigenvalue weighted by molar-refractivity contribution is 7.32. The van der Waals surface area contributed by atoms with E-state index in [0.717, 1.165) is 16.8 Å². The SMILES string of the molecule is O=c1ccn(C2OC(CO[P+](=O)O)[C@H](O)C2O)c(=O)[nH]1. The monoisotopic (exact) mass is 307 g/mol. The van der Waals surface area contributed by atoms with Crippen molar-refractivity contribution in [3.63, 3.8) is 0 Å². The van der Waals surface area contributed by atoms with Crippen molar-refractivity contribution in [3.8, 4) is 0 Å². The van der Waals surface area contributed by atoms with Crippen LogP contribution in [-0.4, -0.2) is 49.6 Å². The van der Waals surface area contributed by atoms with Crippen molar-refractivity contribution in [2.24, 2.45) is 0 Å². The Morgan fingerprint density at radius 2 is 2.10 bits per heavy atom. The van der Waals surface area contributed by atoms with Crippen LogP contribution in [0.15, 0.2) is 21.9 Å². The molecule has 1 fully saturated rings. The summed E-state index contributed by atoms with van der Waals surface area (Å²) in [6, 6.07) is 1.05. The molecule has 1 aromatic heterocycles. The topological polar surface area (TPSA) is 151 Å². The summed E-state index contributed by atoms with van der Waals surface area (Å²) in [5.74, 6) is 0. The second-order valence-electron chi connectivity index (χ2n) is 4.10. The summed E-state index contributed by atoms with van der Waals surface area (Å²) in [6.07, 6.45) is -4.07. The van der Waals surface area contributed by atoms with Crippen LogP contribution < -0.4 is 11.2 Å². The summed E-state index contributed by atoms with van der Waals surface area (Å²) in [5.41, 5.74) is -1.43. The van der Waals surface area contributed by atoms with Gasteiger partial charge in [0.1, 0.15) is 24.9 Å². The molecule has 0 spiro atoms. The molecule has 0 saturated carbocycles. The fraction of sp³-hybridized carbons (Fsp3) is 0.556. The number of hydrogen-bond donors (Lipinski definition) is 4. The number of ether oxygens (including phenoxy) is 1. The van der Waals surface area contributed by atoms with E-state index in [1.807, 2.05) is 4.98 Å². The second kappa shape index (κ2) is 5.92. The van der Waals surface area contributed by atoms with Gasteiger partial charge in [0.25, 0.3) is 5.56 Å². The van der Waals surface area contributed by atoms with Gasteiger partial charge in [-0.3, -0.25) is 14.3 Å². The summed E-state index contributed by atoms with van der Waals surface area (Å²) in [7, 11) is -2.87. The molecule has 0 aliphatic carbocycles. The maximum atomic E-state index is 11.6. The molecule has 10 nitrogen and oxygen atoms in total. The Balaban J connectivity index is 2.19. The molecule has 0 radical (unpaired) electrons. The van der Waals surface area contributed by atoms with Crippen molar-refractivity contribution in [3.05, 3.63) is 33.1 Å². The maximum Gasteiger partial charge on any atom is 0.694 e. The summed E-state index contributed by atoms with van der Waals surface area (Å²) in [4.78, 5) is 33.0. The average molecular weight is 307 g/mol. The number of aliphatic hydroxyl groups excluding tert-OH is 2. The zero-order valence-corrected chi connectivity index (χ0v) is 10.8. The van der Waals surface area contributed by atoms with E-state index in [-0.39, 0.29) is 0 Å². The Labute approximate surface area is 112 Å². The molecule has 2 heterocycles. The minimum absolute atomic E-state index is 0.432. The standard InChI is InChI=1S/C9H11N2O8P/c12-5-1-2-11(9(15)10-5)8-7(14)6(13)4(19-8)3-18-20(16)17/h1-2,4,6-8,13-14H,3H2,(H-,10,12,15,16,17)/p+1/t4?,6-,7?,8?/m0/s1. The highest BCUT2D eigenvalue weighted by Crippen LogP contribution is 2.29. The van der Waals surface area contributed by atoms with Gasteiger partial charge in [0.15, 0.2) is 6.23 Å². The number of hydrogen-bond acceptors (Lipinski definition) is 7. The lowest BCUT2D eigenvalue weighted by molar-refractivity contribution is -0.0517. The van der Waals surface area contributed by atoms with Gasteiger partial charge < -0.3 is 14.9 Å². The number of nitrogens with zero attached hydrogens (tertiary/aromatic N) is 1. The third kappa shape index (κ3) is 3.01. The van der Waals surface area contributed by atoms with Crippen LogP contribution in [0, 0.1) is 0 Å². The van der Waals surface area contributed by atoms with Gasteiger partial charge in [-0.25, -0.2) is 4.79 Å². The third-order valence-corrected chi connectivity index (χ3v) is 3.18. The van der Waals surface area contributed by atoms with E-state index in [2.05, 4.69) is 4.52 Å². The number of aromatic nitrogens is 2. The molecule has 1 aliphatic rings.